The van der Waals surface area contributed by atoms with Crippen LogP contribution in [0, 0.1) is 0 Å². The summed E-state index contributed by atoms with van der Waals surface area (Å²) in [7, 11) is 0. The Bertz CT molecular complexity index is 847. The van der Waals surface area contributed by atoms with E-state index in [1.54, 1.807) is 11.0 Å². The Balaban J connectivity index is 1.47. The first-order valence-corrected chi connectivity index (χ1v) is 9.25. The standard InChI is InChI=1S/C20H23N3O3/c24-19-12-16-8-4-5-9-17(16)21-23(19)14-20(25)22-10-11-26-18(13-22)15-6-2-1-3-7-15/h1-3,6-7,12,18H,4-5,8-11,13-14H2. The van der Waals surface area contributed by atoms with Crippen molar-refractivity contribution in [3.8, 4) is 0 Å². The monoisotopic (exact) mass is 353 g/mol. The van der Waals surface area contributed by atoms with Gasteiger partial charge in [0.25, 0.3) is 5.56 Å². The molecule has 0 spiro atoms. The van der Waals surface area contributed by atoms with Crippen molar-refractivity contribution < 1.29 is 9.53 Å². The van der Waals surface area contributed by atoms with Gasteiger partial charge in [0, 0.05) is 12.6 Å². The fraction of sp³-hybridized carbons (Fsp3) is 0.450. The molecule has 4 rings (SSSR count). The molecule has 2 heterocycles. The smallest absolute Gasteiger partial charge is 0.267 e. The Labute approximate surface area is 152 Å². The zero-order valence-electron chi connectivity index (χ0n) is 14.8. The first-order chi connectivity index (χ1) is 12.7. The van der Waals surface area contributed by atoms with Crippen molar-refractivity contribution in [3.05, 3.63) is 63.6 Å². The SMILES string of the molecule is O=C(Cn1nc2c(cc1=O)CCCC2)N1CCOC(c2ccccc2)C1. The molecule has 6 heteroatoms. The van der Waals surface area contributed by atoms with Crippen LogP contribution in [-0.2, 0) is 28.9 Å². The van der Waals surface area contributed by atoms with E-state index in [1.165, 1.54) is 4.68 Å². The quantitative estimate of drug-likeness (QED) is 0.843. The van der Waals surface area contributed by atoms with Gasteiger partial charge < -0.3 is 9.64 Å². The van der Waals surface area contributed by atoms with Crippen LogP contribution in [0.2, 0.25) is 0 Å². The molecule has 6 nitrogen and oxygen atoms in total. The van der Waals surface area contributed by atoms with E-state index in [2.05, 4.69) is 5.10 Å². The summed E-state index contributed by atoms with van der Waals surface area (Å²) < 4.78 is 7.13. The molecule has 1 amide bonds. The lowest BCUT2D eigenvalue weighted by Crippen LogP contribution is -2.45. The molecule has 1 aliphatic heterocycles. The molecular weight excluding hydrogens is 330 g/mol. The molecule has 0 N–H and O–H groups in total. The molecular formula is C20H23N3O3. The number of carbonyl (C=O) groups is 1. The number of fused-ring (bicyclic) bond motifs is 1. The number of aromatic nitrogens is 2. The summed E-state index contributed by atoms with van der Waals surface area (Å²) in [6.45, 7) is 1.54. The van der Waals surface area contributed by atoms with Crippen LogP contribution in [0.1, 0.15) is 35.8 Å². The lowest BCUT2D eigenvalue weighted by atomic mass is 9.97. The van der Waals surface area contributed by atoms with Crippen molar-refractivity contribution in [3.63, 3.8) is 0 Å². The first kappa shape index (κ1) is 17.0. The number of ether oxygens (including phenoxy) is 1. The summed E-state index contributed by atoms with van der Waals surface area (Å²) in [5.41, 5.74) is 2.88. The second-order valence-electron chi connectivity index (χ2n) is 6.93. The number of hydrogen-bond donors (Lipinski definition) is 0. The summed E-state index contributed by atoms with van der Waals surface area (Å²) in [5.74, 6) is -0.0837. The van der Waals surface area contributed by atoms with Crippen molar-refractivity contribution in [1.82, 2.24) is 14.7 Å². The first-order valence-electron chi connectivity index (χ1n) is 9.25. The predicted molar refractivity (Wildman–Crippen MR) is 96.9 cm³/mol. The van der Waals surface area contributed by atoms with E-state index in [0.717, 1.165) is 42.5 Å². The number of morpholine rings is 1. The Morgan fingerprint density at radius 2 is 2.00 bits per heavy atom. The van der Waals surface area contributed by atoms with Crippen molar-refractivity contribution in [2.24, 2.45) is 0 Å². The van der Waals surface area contributed by atoms with E-state index in [-0.39, 0.29) is 24.1 Å². The van der Waals surface area contributed by atoms with Gasteiger partial charge in [0.15, 0.2) is 0 Å². The maximum atomic E-state index is 12.7. The van der Waals surface area contributed by atoms with Gasteiger partial charge in [-0.2, -0.15) is 5.10 Å². The fourth-order valence-electron chi connectivity index (χ4n) is 3.69. The second kappa shape index (κ2) is 7.41. The van der Waals surface area contributed by atoms with Crippen molar-refractivity contribution in [2.75, 3.05) is 19.7 Å². The summed E-state index contributed by atoms with van der Waals surface area (Å²) in [5, 5.41) is 4.45. The lowest BCUT2D eigenvalue weighted by Gasteiger charge is -2.33. The Morgan fingerprint density at radius 3 is 2.85 bits per heavy atom. The molecule has 26 heavy (non-hydrogen) atoms. The molecule has 0 saturated carbocycles. The maximum Gasteiger partial charge on any atom is 0.267 e. The summed E-state index contributed by atoms with van der Waals surface area (Å²) >= 11 is 0. The fourth-order valence-corrected chi connectivity index (χ4v) is 3.69. The third-order valence-electron chi connectivity index (χ3n) is 5.15. The van der Waals surface area contributed by atoms with E-state index in [1.807, 2.05) is 30.3 Å². The van der Waals surface area contributed by atoms with E-state index in [4.69, 9.17) is 4.74 Å². The zero-order chi connectivity index (χ0) is 17.9. The molecule has 0 radical (unpaired) electrons. The molecule has 1 aromatic heterocycles. The number of rotatable bonds is 3. The second-order valence-corrected chi connectivity index (χ2v) is 6.93. The third-order valence-corrected chi connectivity index (χ3v) is 5.15. The van der Waals surface area contributed by atoms with Crippen molar-refractivity contribution >= 4 is 5.91 Å². The lowest BCUT2D eigenvalue weighted by molar-refractivity contribution is -0.140. The number of hydrogen-bond acceptors (Lipinski definition) is 4. The average Bonchev–Trinajstić information content (AvgIpc) is 2.69. The molecule has 1 atom stereocenters. The van der Waals surface area contributed by atoms with Crippen LogP contribution in [0.15, 0.2) is 41.2 Å². The molecule has 2 aliphatic rings. The minimum atomic E-state index is -0.188. The van der Waals surface area contributed by atoms with Crippen LogP contribution in [0.3, 0.4) is 0 Å². The third kappa shape index (κ3) is 3.55. The van der Waals surface area contributed by atoms with E-state index < -0.39 is 0 Å². The van der Waals surface area contributed by atoms with Gasteiger partial charge >= 0.3 is 0 Å². The average molecular weight is 353 g/mol. The van der Waals surface area contributed by atoms with Gasteiger partial charge in [0.2, 0.25) is 5.91 Å². The summed E-state index contributed by atoms with van der Waals surface area (Å²) in [6, 6.07) is 11.6. The molecule has 0 bridgehead atoms. The predicted octanol–water partition coefficient (Wildman–Crippen LogP) is 1.72. The highest BCUT2D eigenvalue weighted by Gasteiger charge is 2.26. The minimum absolute atomic E-state index is 0.00633. The van der Waals surface area contributed by atoms with E-state index >= 15 is 0 Å². The van der Waals surface area contributed by atoms with Crippen LogP contribution >= 0.6 is 0 Å². The molecule has 1 fully saturated rings. The van der Waals surface area contributed by atoms with Crippen LogP contribution in [0.4, 0.5) is 0 Å². The van der Waals surface area contributed by atoms with E-state index in [9.17, 15) is 9.59 Å². The molecule has 1 aliphatic carbocycles. The van der Waals surface area contributed by atoms with Gasteiger partial charge in [0.1, 0.15) is 12.6 Å². The van der Waals surface area contributed by atoms with Gasteiger partial charge in [-0.1, -0.05) is 30.3 Å². The number of carbonyl (C=O) groups excluding carboxylic acids is 1. The summed E-state index contributed by atoms with van der Waals surface area (Å²) in [4.78, 5) is 26.8. The highest BCUT2D eigenvalue weighted by atomic mass is 16.5. The number of amides is 1. The number of benzene rings is 1. The normalized spacial score (nSPS) is 19.8. The van der Waals surface area contributed by atoms with Gasteiger partial charge in [0.05, 0.1) is 18.8 Å². The minimum Gasteiger partial charge on any atom is -0.370 e. The zero-order valence-corrected chi connectivity index (χ0v) is 14.8. The maximum absolute atomic E-state index is 12.7. The van der Waals surface area contributed by atoms with Gasteiger partial charge in [-0.15, -0.1) is 0 Å². The highest BCUT2D eigenvalue weighted by molar-refractivity contribution is 5.76. The molecule has 136 valence electrons. The Morgan fingerprint density at radius 1 is 1.19 bits per heavy atom. The van der Waals surface area contributed by atoms with Gasteiger partial charge in [-0.05, 0) is 36.8 Å². The van der Waals surface area contributed by atoms with Crippen molar-refractivity contribution in [2.45, 2.75) is 38.3 Å². The van der Waals surface area contributed by atoms with Crippen LogP contribution in [0.5, 0.6) is 0 Å². The van der Waals surface area contributed by atoms with Gasteiger partial charge in [-0.25, -0.2) is 4.68 Å². The molecule has 1 unspecified atom stereocenters. The van der Waals surface area contributed by atoms with E-state index in [0.29, 0.717) is 19.7 Å². The largest absolute Gasteiger partial charge is 0.370 e. The molecule has 2 aromatic rings. The highest BCUT2D eigenvalue weighted by Crippen LogP contribution is 2.22. The van der Waals surface area contributed by atoms with Gasteiger partial charge in [-0.3, -0.25) is 9.59 Å². The van der Waals surface area contributed by atoms with Crippen molar-refractivity contribution in [1.29, 1.82) is 0 Å². The number of nitrogens with zero attached hydrogens (tertiary/aromatic N) is 3. The Kier molecular flexibility index (Phi) is 4.84. The molecule has 1 saturated heterocycles. The Hall–Kier alpha value is -2.47. The number of aryl methyl sites for hydroxylation is 2. The van der Waals surface area contributed by atoms with Crippen LogP contribution < -0.4 is 5.56 Å². The van der Waals surface area contributed by atoms with Crippen LogP contribution in [-0.4, -0.2) is 40.3 Å². The van der Waals surface area contributed by atoms with Crippen LogP contribution in [0.25, 0.3) is 0 Å². The topological polar surface area (TPSA) is 64.4 Å². The molecule has 1 aromatic carbocycles. The summed E-state index contributed by atoms with van der Waals surface area (Å²) in [6.07, 6.45) is 3.87.